The molecule has 0 radical (unpaired) electrons. The van der Waals surface area contributed by atoms with Crippen LogP contribution in [0.2, 0.25) is 16.6 Å². The average molecular weight is 602 g/mol. The van der Waals surface area contributed by atoms with E-state index in [0.29, 0.717) is 53.5 Å². The van der Waals surface area contributed by atoms with Crippen LogP contribution in [0.3, 0.4) is 0 Å². The van der Waals surface area contributed by atoms with Gasteiger partial charge in [-0.1, -0.05) is 48.5 Å². The van der Waals surface area contributed by atoms with E-state index >= 15 is 0 Å². The quantitative estimate of drug-likeness (QED) is 0.290. The van der Waals surface area contributed by atoms with Crippen molar-refractivity contribution in [2.45, 2.75) is 89.9 Å². The minimum Gasteiger partial charge on any atom is -0.410 e. The van der Waals surface area contributed by atoms with E-state index in [0.717, 1.165) is 23.0 Å². The first-order valence-corrected chi connectivity index (χ1v) is 18.5. The highest BCUT2D eigenvalue weighted by Crippen LogP contribution is 2.42. The summed E-state index contributed by atoms with van der Waals surface area (Å²) in [5.41, 5.74) is 4.78. The first kappa shape index (κ1) is 31.3. The molecule has 0 bridgehead atoms. The van der Waals surface area contributed by atoms with Crippen molar-refractivity contribution in [1.82, 2.24) is 19.9 Å². The summed E-state index contributed by atoms with van der Waals surface area (Å²) in [6.45, 7) is 16.4. The molecular weight excluding hydrogens is 559 g/mol. The van der Waals surface area contributed by atoms with Gasteiger partial charge in [0.05, 0.1) is 41.7 Å². The summed E-state index contributed by atoms with van der Waals surface area (Å²) >= 11 is 0. The molecule has 12 heteroatoms. The van der Waals surface area contributed by atoms with Crippen LogP contribution in [0.4, 0.5) is 5.82 Å². The summed E-state index contributed by atoms with van der Waals surface area (Å²) in [4.78, 5) is 31.9. The van der Waals surface area contributed by atoms with Gasteiger partial charge in [0, 0.05) is 18.0 Å². The number of amides is 1. The first-order chi connectivity index (χ1) is 19.2. The first-order valence-electron chi connectivity index (χ1n) is 14.3. The number of sulfone groups is 1. The largest absolute Gasteiger partial charge is 0.410 e. The number of rotatable bonds is 11. The zero-order valence-corrected chi connectivity index (χ0v) is 27.2. The molecule has 1 fully saturated rings. The molecule has 1 aliphatic heterocycles. The Balaban J connectivity index is 1.71. The van der Waals surface area contributed by atoms with Gasteiger partial charge in [-0.2, -0.15) is 0 Å². The monoisotopic (exact) mass is 601 g/mol. The van der Waals surface area contributed by atoms with Gasteiger partial charge < -0.3 is 14.1 Å². The fourth-order valence-electron chi connectivity index (χ4n) is 6.28. The Hall–Kier alpha value is -2.67. The van der Waals surface area contributed by atoms with Gasteiger partial charge in [-0.3, -0.25) is 9.69 Å². The molecule has 1 N–H and O–H groups in total. The maximum absolute atomic E-state index is 12.8. The van der Waals surface area contributed by atoms with Gasteiger partial charge in [-0.15, -0.1) is 0 Å². The standard InChI is InChI=1S/C29H43N5O5SSi/c1-9-23-15-38-16-28(35)34(23)27-13-22(17-40(8,36)37)31-29(33-27)25-11-10-24-26(32-25)12-21(30-24)14-39-41(18(2)3,19(4)5)20(6)7/h10-13,18-20,23,30H,9,14-17H2,1-8H3/t23-/m0/s1. The number of aromatic nitrogens is 4. The number of fused-ring (bicyclic) bond motifs is 1. The van der Waals surface area contributed by atoms with Gasteiger partial charge in [0.1, 0.15) is 18.1 Å². The number of pyridine rings is 1. The van der Waals surface area contributed by atoms with Crippen LogP contribution >= 0.6 is 0 Å². The summed E-state index contributed by atoms with van der Waals surface area (Å²) in [6.07, 6.45) is 1.83. The number of hydrogen-bond donors (Lipinski definition) is 1. The third-order valence-electron chi connectivity index (χ3n) is 8.01. The van der Waals surface area contributed by atoms with Crippen LogP contribution < -0.4 is 4.90 Å². The fraction of sp³-hybridized carbons (Fsp3) is 0.586. The molecule has 0 spiro atoms. The second-order valence-electron chi connectivity index (χ2n) is 12.0. The maximum atomic E-state index is 12.8. The minimum atomic E-state index is -3.38. The molecular formula is C29H43N5O5SSi. The summed E-state index contributed by atoms with van der Waals surface area (Å²) < 4.78 is 36.5. The number of morpholine rings is 1. The molecule has 10 nitrogen and oxygen atoms in total. The Labute approximate surface area is 244 Å². The lowest BCUT2D eigenvalue weighted by Gasteiger charge is -2.42. The van der Waals surface area contributed by atoms with Gasteiger partial charge in [0.15, 0.2) is 15.7 Å². The van der Waals surface area contributed by atoms with E-state index in [2.05, 4.69) is 51.5 Å². The van der Waals surface area contributed by atoms with Crippen LogP contribution in [0.5, 0.6) is 0 Å². The van der Waals surface area contributed by atoms with Crippen molar-refractivity contribution in [3.63, 3.8) is 0 Å². The van der Waals surface area contributed by atoms with Crippen LogP contribution in [0.15, 0.2) is 24.3 Å². The van der Waals surface area contributed by atoms with Crippen molar-refractivity contribution in [2.75, 3.05) is 24.4 Å². The normalized spacial score (nSPS) is 17.0. The Kier molecular flexibility index (Phi) is 9.37. The molecule has 3 aromatic rings. The highest BCUT2D eigenvalue weighted by molar-refractivity contribution is 7.89. The van der Waals surface area contributed by atoms with Gasteiger partial charge in [0.25, 0.3) is 5.91 Å². The molecule has 0 aliphatic carbocycles. The van der Waals surface area contributed by atoms with E-state index < -0.39 is 18.2 Å². The summed E-state index contributed by atoms with van der Waals surface area (Å²) in [5.74, 6) is 0.130. The minimum absolute atomic E-state index is 0.0514. The number of hydrogen-bond acceptors (Lipinski definition) is 8. The van der Waals surface area contributed by atoms with Gasteiger partial charge in [-0.25, -0.2) is 23.4 Å². The van der Waals surface area contributed by atoms with Crippen molar-refractivity contribution in [1.29, 1.82) is 0 Å². The molecule has 3 aromatic heterocycles. The van der Waals surface area contributed by atoms with E-state index in [9.17, 15) is 13.2 Å². The van der Waals surface area contributed by atoms with Crippen molar-refractivity contribution in [3.05, 3.63) is 35.7 Å². The molecule has 1 atom stereocenters. The van der Waals surface area contributed by atoms with Crippen LogP contribution in [0, 0.1) is 0 Å². The topological polar surface area (TPSA) is 127 Å². The van der Waals surface area contributed by atoms with Crippen molar-refractivity contribution >= 4 is 40.9 Å². The highest BCUT2D eigenvalue weighted by Gasteiger charge is 2.45. The molecule has 4 heterocycles. The third-order valence-corrected chi connectivity index (χ3v) is 14.9. The Morgan fingerprint density at radius 1 is 1.07 bits per heavy atom. The lowest BCUT2D eigenvalue weighted by molar-refractivity contribution is -0.127. The lowest BCUT2D eigenvalue weighted by Crippen LogP contribution is -2.49. The number of nitrogens with one attached hydrogen (secondary N) is 1. The molecule has 0 unspecified atom stereocenters. The van der Waals surface area contributed by atoms with Gasteiger partial charge >= 0.3 is 0 Å². The number of nitrogens with zero attached hydrogens (tertiary/aromatic N) is 4. The SMILES string of the molecule is CC[C@H]1COCC(=O)N1c1cc(CS(C)(=O)=O)nc(-c2ccc3[nH]c(CO[Si](C(C)C)(C(C)C)C(C)C)cc3n2)n1. The lowest BCUT2D eigenvalue weighted by atomic mass is 10.1. The number of anilines is 1. The second-order valence-corrected chi connectivity index (χ2v) is 19.6. The van der Waals surface area contributed by atoms with E-state index in [1.807, 2.05) is 19.1 Å². The smallest absolute Gasteiger partial charge is 0.254 e. The van der Waals surface area contributed by atoms with Crippen molar-refractivity contribution in [3.8, 4) is 11.5 Å². The predicted octanol–water partition coefficient (Wildman–Crippen LogP) is 5.40. The van der Waals surface area contributed by atoms with Crippen LogP contribution in [-0.2, 0) is 36.2 Å². The molecule has 41 heavy (non-hydrogen) atoms. The Morgan fingerprint density at radius 2 is 1.76 bits per heavy atom. The molecule has 4 rings (SSSR count). The Morgan fingerprint density at radius 3 is 2.37 bits per heavy atom. The predicted molar refractivity (Wildman–Crippen MR) is 164 cm³/mol. The second kappa shape index (κ2) is 12.3. The van der Waals surface area contributed by atoms with Crippen molar-refractivity contribution < 1.29 is 22.4 Å². The average Bonchev–Trinajstić information content (AvgIpc) is 3.29. The van der Waals surface area contributed by atoms with E-state index in [-0.39, 0.29) is 30.1 Å². The van der Waals surface area contributed by atoms with E-state index in [1.54, 1.807) is 17.0 Å². The molecule has 1 aliphatic rings. The zero-order valence-electron chi connectivity index (χ0n) is 25.4. The number of H-pyrrole nitrogens is 1. The molecule has 1 amide bonds. The van der Waals surface area contributed by atoms with Crippen LogP contribution in [0.1, 0.15) is 66.3 Å². The number of carbonyl (C=O) groups is 1. The number of ether oxygens (including phenoxy) is 1. The van der Waals surface area contributed by atoms with Crippen molar-refractivity contribution in [2.24, 2.45) is 0 Å². The molecule has 224 valence electrons. The Bertz CT molecular complexity index is 1480. The summed E-state index contributed by atoms with van der Waals surface area (Å²) in [6, 6.07) is 7.08. The van der Waals surface area contributed by atoms with Crippen LogP contribution in [-0.4, -0.2) is 68.1 Å². The highest BCUT2D eigenvalue weighted by atomic mass is 32.2. The molecule has 0 saturated carbocycles. The maximum Gasteiger partial charge on any atom is 0.254 e. The number of aromatic amines is 1. The summed E-state index contributed by atoms with van der Waals surface area (Å²) in [7, 11) is -5.42. The third kappa shape index (κ3) is 6.71. The van der Waals surface area contributed by atoms with Crippen LogP contribution in [0.25, 0.3) is 22.6 Å². The molecule has 0 aromatic carbocycles. The van der Waals surface area contributed by atoms with E-state index in [4.69, 9.17) is 19.1 Å². The zero-order chi connectivity index (χ0) is 30.1. The summed E-state index contributed by atoms with van der Waals surface area (Å²) in [5, 5.41) is 0. The van der Waals surface area contributed by atoms with E-state index in [1.165, 1.54) is 0 Å². The molecule has 1 saturated heterocycles. The van der Waals surface area contributed by atoms with Gasteiger partial charge in [-0.05, 0) is 41.2 Å². The number of carbonyl (C=O) groups excluding carboxylic acids is 1. The van der Waals surface area contributed by atoms with Gasteiger partial charge in [0.2, 0.25) is 8.32 Å². The fourth-order valence-corrected chi connectivity index (χ4v) is 12.4.